The molecule has 0 saturated heterocycles. The van der Waals surface area contributed by atoms with Gasteiger partial charge in [0, 0.05) is 42.3 Å². The van der Waals surface area contributed by atoms with E-state index in [4.69, 9.17) is 0 Å². The Balaban J connectivity index is 1.94. The molecule has 2 rings (SSSR count). The van der Waals surface area contributed by atoms with Crippen LogP contribution in [0.5, 0.6) is 0 Å². The lowest BCUT2D eigenvalue weighted by Crippen LogP contribution is -2.13. The van der Waals surface area contributed by atoms with Gasteiger partial charge in [-0.15, -0.1) is 0 Å². The molecule has 2 aromatic heterocycles. The summed E-state index contributed by atoms with van der Waals surface area (Å²) in [5.74, 6) is 0. The number of aromatic nitrogens is 2. The molecule has 0 aliphatic carbocycles. The summed E-state index contributed by atoms with van der Waals surface area (Å²) in [7, 11) is 1.93. The summed E-state index contributed by atoms with van der Waals surface area (Å²) in [5.41, 5.74) is 3.35. The van der Waals surface area contributed by atoms with E-state index in [0.717, 1.165) is 22.8 Å². The van der Waals surface area contributed by atoms with E-state index in [-0.39, 0.29) is 9.92 Å². The molecule has 2 aromatic rings. The van der Waals surface area contributed by atoms with Crippen LogP contribution in [-0.2, 0) is 20.1 Å². The molecule has 102 valence electrons. The van der Waals surface area contributed by atoms with Crippen molar-refractivity contribution in [3.8, 4) is 0 Å². The molecule has 19 heavy (non-hydrogen) atoms. The average molecular weight is 280 g/mol. The number of nitro groups is 1. The first-order chi connectivity index (χ1) is 8.99. The highest BCUT2D eigenvalue weighted by Gasteiger charge is 2.11. The highest BCUT2D eigenvalue weighted by molar-refractivity contribution is 7.15. The highest BCUT2D eigenvalue weighted by atomic mass is 32.1. The minimum Gasteiger partial charge on any atom is -0.308 e. The van der Waals surface area contributed by atoms with Gasteiger partial charge in [0.25, 0.3) is 0 Å². The first-order valence-electron chi connectivity index (χ1n) is 5.92. The maximum atomic E-state index is 10.6. The molecular formula is C12H16N4O2S. The minimum atomic E-state index is -0.358. The Morgan fingerprint density at radius 1 is 1.42 bits per heavy atom. The molecule has 0 aromatic carbocycles. The van der Waals surface area contributed by atoms with E-state index in [2.05, 4.69) is 10.4 Å². The van der Waals surface area contributed by atoms with Crippen LogP contribution in [0.25, 0.3) is 0 Å². The quantitative estimate of drug-likeness (QED) is 0.673. The van der Waals surface area contributed by atoms with E-state index >= 15 is 0 Å². The summed E-state index contributed by atoms with van der Waals surface area (Å²) in [5, 5.41) is 18.4. The van der Waals surface area contributed by atoms with Gasteiger partial charge in [-0.1, -0.05) is 11.3 Å². The zero-order valence-electron chi connectivity index (χ0n) is 11.1. The summed E-state index contributed by atoms with van der Waals surface area (Å²) in [6.45, 7) is 5.37. The third kappa shape index (κ3) is 2.99. The van der Waals surface area contributed by atoms with Crippen molar-refractivity contribution in [2.24, 2.45) is 7.05 Å². The van der Waals surface area contributed by atoms with Crippen LogP contribution in [0.3, 0.4) is 0 Å². The summed E-state index contributed by atoms with van der Waals surface area (Å²) in [6.07, 6.45) is 0. The van der Waals surface area contributed by atoms with Crippen LogP contribution >= 0.6 is 11.3 Å². The normalized spacial score (nSPS) is 10.9. The molecule has 0 amide bonds. The third-order valence-corrected chi connectivity index (χ3v) is 4.12. The number of thiophene rings is 1. The summed E-state index contributed by atoms with van der Waals surface area (Å²) < 4.78 is 1.86. The molecule has 0 unspecified atom stereocenters. The standard InChI is InChI=1S/C12H16N4O2S/c1-8-11(9(2)15(3)14-8)7-13-6-10-4-5-12(19-10)16(17)18/h4-5,13H,6-7H2,1-3H3. The molecule has 0 fully saturated rings. The highest BCUT2D eigenvalue weighted by Crippen LogP contribution is 2.23. The summed E-state index contributed by atoms with van der Waals surface area (Å²) in [4.78, 5) is 11.2. The molecule has 6 nitrogen and oxygen atoms in total. The Labute approximate surface area is 115 Å². The largest absolute Gasteiger partial charge is 0.324 e. The molecule has 0 aliphatic rings. The van der Waals surface area contributed by atoms with Gasteiger partial charge in [0.05, 0.1) is 10.6 Å². The first kappa shape index (κ1) is 13.7. The van der Waals surface area contributed by atoms with Gasteiger partial charge in [-0.3, -0.25) is 14.8 Å². The van der Waals surface area contributed by atoms with Gasteiger partial charge in [-0.05, 0) is 19.9 Å². The van der Waals surface area contributed by atoms with Gasteiger partial charge in [-0.2, -0.15) is 5.10 Å². The second kappa shape index (κ2) is 5.50. The van der Waals surface area contributed by atoms with E-state index < -0.39 is 0 Å². The number of hydrogen-bond acceptors (Lipinski definition) is 5. The van der Waals surface area contributed by atoms with Gasteiger partial charge < -0.3 is 5.32 Å². The van der Waals surface area contributed by atoms with Crippen molar-refractivity contribution in [1.29, 1.82) is 0 Å². The zero-order valence-corrected chi connectivity index (χ0v) is 12.0. The van der Waals surface area contributed by atoms with Crippen LogP contribution in [-0.4, -0.2) is 14.7 Å². The maximum absolute atomic E-state index is 10.6. The molecule has 0 aliphatic heterocycles. The molecule has 7 heteroatoms. The fraction of sp³-hybridized carbons (Fsp3) is 0.417. The van der Waals surface area contributed by atoms with Gasteiger partial charge in [0.1, 0.15) is 0 Å². The predicted octanol–water partition coefficient (Wildman–Crippen LogP) is 2.30. The summed E-state index contributed by atoms with van der Waals surface area (Å²) >= 11 is 1.21. The number of rotatable bonds is 5. The molecule has 1 N–H and O–H groups in total. The molecule has 0 atom stereocenters. The van der Waals surface area contributed by atoms with Gasteiger partial charge in [0.15, 0.2) is 0 Å². The van der Waals surface area contributed by atoms with E-state index in [0.29, 0.717) is 6.54 Å². The Morgan fingerprint density at radius 2 is 2.16 bits per heavy atom. The Hall–Kier alpha value is -1.73. The van der Waals surface area contributed by atoms with Crippen molar-refractivity contribution in [1.82, 2.24) is 15.1 Å². The number of nitrogens with zero attached hydrogens (tertiary/aromatic N) is 3. The van der Waals surface area contributed by atoms with E-state index in [9.17, 15) is 10.1 Å². The van der Waals surface area contributed by atoms with Crippen LogP contribution in [0.2, 0.25) is 0 Å². The molecule has 0 spiro atoms. The Bertz CT molecular complexity index is 603. The van der Waals surface area contributed by atoms with Crippen LogP contribution < -0.4 is 5.32 Å². The van der Waals surface area contributed by atoms with E-state index in [1.54, 1.807) is 12.1 Å². The molecule has 2 heterocycles. The zero-order chi connectivity index (χ0) is 14.0. The fourth-order valence-corrected chi connectivity index (χ4v) is 2.73. The lowest BCUT2D eigenvalue weighted by Gasteiger charge is -2.03. The van der Waals surface area contributed by atoms with Crippen LogP contribution in [0.4, 0.5) is 5.00 Å². The second-order valence-electron chi connectivity index (χ2n) is 4.37. The van der Waals surface area contributed by atoms with E-state index in [1.165, 1.54) is 16.9 Å². The predicted molar refractivity (Wildman–Crippen MR) is 74.2 cm³/mol. The molecule has 0 radical (unpaired) electrons. The van der Waals surface area contributed by atoms with Crippen molar-refractivity contribution < 1.29 is 4.92 Å². The lowest BCUT2D eigenvalue weighted by atomic mass is 10.2. The summed E-state index contributed by atoms with van der Waals surface area (Å²) in [6, 6.07) is 3.33. The van der Waals surface area contributed by atoms with Crippen LogP contribution in [0, 0.1) is 24.0 Å². The van der Waals surface area contributed by atoms with E-state index in [1.807, 2.05) is 25.6 Å². The lowest BCUT2D eigenvalue weighted by molar-refractivity contribution is -0.380. The average Bonchev–Trinajstić information content (AvgIpc) is 2.90. The van der Waals surface area contributed by atoms with Gasteiger partial charge in [-0.25, -0.2) is 0 Å². The van der Waals surface area contributed by atoms with Crippen LogP contribution in [0.15, 0.2) is 12.1 Å². The van der Waals surface area contributed by atoms with Crippen molar-refractivity contribution >= 4 is 16.3 Å². The van der Waals surface area contributed by atoms with Crippen molar-refractivity contribution in [3.05, 3.63) is 44.1 Å². The first-order valence-corrected chi connectivity index (χ1v) is 6.73. The molecule has 0 bridgehead atoms. The minimum absolute atomic E-state index is 0.186. The molecular weight excluding hydrogens is 264 g/mol. The van der Waals surface area contributed by atoms with Gasteiger partial charge >= 0.3 is 5.00 Å². The number of nitrogens with one attached hydrogen (secondary N) is 1. The smallest absolute Gasteiger partial charge is 0.308 e. The van der Waals surface area contributed by atoms with Crippen LogP contribution in [0.1, 0.15) is 21.8 Å². The third-order valence-electron chi connectivity index (χ3n) is 3.09. The van der Waals surface area contributed by atoms with Crippen molar-refractivity contribution in [3.63, 3.8) is 0 Å². The fourth-order valence-electron chi connectivity index (χ4n) is 1.94. The second-order valence-corrected chi connectivity index (χ2v) is 5.52. The SMILES string of the molecule is Cc1nn(C)c(C)c1CNCc1ccc([N+](=O)[O-])s1. The topological polar surface area (TPSA) is 73.0 Å². The number of aryl methyl sites for hydroxylation is 2. The van der Waals surface area contributed by atoms with Crippen molar-refractivity contribution in [2.75, 3.05) is 0 Å². The Morgan fingerprint density at radius 3 is 2.68 bits per heavy atom. The van der Waals surface area contributed by atoms with Crippen molar-refractivity contribution in [2.45, 2.75) is 26.9 Å². The number of hydrogen-bond donors (Lipinski definition) is 1. The molecule has 0 saturated carbocycles. The monoisotopic (exact) mass is 280 g/mol. The van der Waals surface area contributed by atoms with Gasteiger partial charge in [0.2, 0.25) is 0 Å². The maximum Gasteiger partial charge on any atom is 0.324 e. The Kier molecular flexibility index (Phi) is 3.96.